The van der Waals surface area contributed by atoms with Crippen LogP contribution in [0.1, 0.15) is 51.5 Å². The van der Waals surface area contributed by atoms with E-state index in [0.717, 1.165) is 10.9 Å². The molecule has 0 radical (unpaired) electrons. The van der Waals surface area contributed by atoms with Crippen LogP contribution in [0.4, 0.5) is 5.69 Å². The van der Waals surface area contributed by atoms with Crippen LogP contribution < -0.4 is 4.90 Å². The summed E-state index contributed by atoms with van der Waals surface area (Å²) in [7, 11) is 0. The van der Waals surface area contributed by atoms with Crippen molar-refractivity contribution in [1.82, 2.24) is 0 Å². The van der Waals surface area contributed by atoms with Gasteiger partial charge in [0, 0.05) is 10.0 Å². The van der Waals surface area contributed by atoms with Gasteiger partial charge in [0.1, 0.15) is 0 Å². The number of hydrogen-bond acceptors (Lipinski definition) is 5. The van der Waals surface area contributed by atoms with Gasteiger partial charge in [0.2, 0.25) is 11.8 Å². The molecule has 1 aliphatic carbocycles. The molecule has 3 aromatic carbocycles. The summed E-state index contributed by atoms with van der Waals surface area (Å²) >= 11 is 3.31. The molecule has 0 N–H and O–H groups in total. The monoisotopic (exact) mass is 545 g/mol. The fraction of sp³-hybridized carbons (Fsp3) is 0.241. The number of anilines is 1. The summed E-state index contributed by atoms with van der Waals surface area (Å²) in [6.07, 6.45) is 2.22. The molecular weight excluding hydrogens is 522 g/mol. The molecule has 2 aliphatic rings. The number of imide groups is 1. The summed E-state index contributed by atoms with van der Waals surface area (Å²) in [4.78, 5) is 52.3. The lowest BCUT2D eigenvalue weighted by Crippen LogP contribution is -2.30. The number of halogens is 1. The Labute approximate surface area is 217 Å². The highest BCUT2D eigenvalue weighted by atomic mass is 79.9. The van der Waals surface area contributed by atoms with Gasteiger partial charge in [-0.2, -0.15) is 0 Å². The summed E-state index contributed by atoms with van der Waals surface area (Å²) in [5.74, 6) is -1.67. The zero-order valence-electron chi connectivity index (χ0n) is 19.4. The van der Waals surface area contributed by atoms with Crippen molar-refractivity contribution < 1.29 is 23.9 Å². The Morgan fingerprint density at radius 1 is 0.806 bits per heavy atom. The Kier molecular flexibility index (Phi) is 6.83. The number of carbonyl (C=O) groups excluding carboxylic acids is 4. The molecule has 0 bridgehead atoms. The summed E-state index contributed by atoms with van der Waals surface area (Å²) in [6, 6.07) is 23.1. The quantitative estimate of drug-likeness (QED) is 0.230. The van der Waals surface area contributed by atoms with Crippen molar-refractivity contribution in [3.8, 4) is 0 Å². The van der Waals surface area contributed by atoms with Crippen LogP contribution in [0.2, 0.25) is 0 Å². The molecule has 0 unspecified atom stereocenters. The van der Waals surface area contributed by atoms with Crippen molar-refractivity contribution in [2.75, 3.05) is 11.5 Å². The molecule has 3 aromatic rings. The second kappa shape index (κ2) is 10.2. The molecule has 1 saturated heterocycles. The summed E-state index contributed by atoms with van der Waals surface area (Å²) in [5.41, 5.74) is 2.33. The first-order chi connectivity index (χ1) is 17.4. The van der Waals surface area contributed by atoms with Gasteiger partial charge in [-0.1, -0.05) is 58.4 Å². The molecule has 1 heterocycles. The minimum Gasteiger partial charge on any atom is -0.454 e. The molecule has 5 rings (SSSR count). The molecular formula is C29H24BrNO5. The highest BCUT2D eigenvalue weighted by Crippen LogP contribution is 2.45. The van der Waals surface area contributed by atoms with Crippen LogP contribution in [0.25, 0.3) is 0 Å². The Morgan fingerprint density at radius 3 is 2.14 bits per heavy atom. The molecule has 0 spiro atoms. The maximum Gasteiger partial charge on any atom is 0.338 e. The highest BCUT2D eigenvalue weighted by molar-refractivity contribution is 9.10. The second-order valence-electron chi connectivity index (χ2n) is 9.20. The Hall–Kier alpha value is -3.58. The van der Waals surface area contributed by atoms with Crippen molar-refractivity contribution in [3.63, 3.8) is 0 Å². The van der Waals surface area contributed by atoms with E-state index in [1.165, 1.54) is 22.6 Å². The van der Waals surface area contributed by atoms with Crippen LogP contribution in [0.5, 0.6) is 0 Å². The molecule has 0 aromatic heterocycles. The molecule has 2 amide bonds. The van der Waals surface area contributed by atoms with E-state index in [1.807, 2.05) is 18.2 Å². The fourth-order valence-electron chi connectivity index (χ4n) is 5.14. The van der Waals surface area contributed by atoms with E-state index >= 15 is 0 Å². The molecule has 3 atom stereocenters. The Bertz CT molecular complexity index is 1300. The average molecular weight is 546 g/mol. The molecule has 36 heavy (non-hydrogen) atoms. The standard InChI is InChI=1S/C29H24BrNO5/c30-22-11-6-19(7-12-22)26(32)17-36-29(35)20-8-13-23(14-9-20)31-27(33)24-15-10-21(16-25(24)28(31)34)18-4-2-1-3-5-18/h1-9,11-14,21,24-25H,10,15-17H2/t21-,24-,25-/m1/s1. The molecule has 182 valence electrons. The van der Waals surface area contributed by atoms with E-state index < -0.39 is 5.97 Å². The van der Waals surface area contributed by atoms with E-state index in [1.54, 1.807) is 36.4 Å². The number of ether oxygens (including phenoxy) is 1. The SMILES string of the molecule is O=C(COC(=O)c1ccc(N2C(=O)[C@@H]3CC[C@@H](c4ccccc4)C[C@H]3C2=O)cc1)c1ccc(Br)cc1. The van der Waals surface area contributed by atoms with Crippen LogP contribution in [0.3, 0.4) is 0 Å². The first-order valence-corrected chi connectivity index (χ1v) is 12.7. The van der Waals surface area contributed by atoms with E-state index in [2.05, 4.69) is 28.1 Å². The zero-order valence-corrected chi connectivity index (χ0v) is 21.0. The van der Waals surface area contributed by atoms with E-state index in [9.17, 15) is 19.2 Å². The third kappa shape index (κ3) is 4.75. The summed E-state index contributed by atoms with van der Waals surface area (Å²) in [5, 5.41) is 0. The molecule has 1 aliphatic heterocycles. The first kappa shape index (κ1) is 24.1. The number of amides is 2. The van der Waals surface area contributed by atoms with Gasteiger partial charge in [0.05, 0.1) is 23.1 Å². The molecule has 6 nitrogen and oxygen atoms in total. The lowest BCUT2D eigenvalue weighted by atomic mass is 9.73. The van der Waals surface area contributed by atoms with Crippen LogP contribution in [-0.2, 0) is 14.3 Å². The van der Waals surface area contributed by atoms with Gasteiger partial charge in [0.25, 0.3) is 0 Å². The van der Waals surface area contributed by atoms with E-state index in [-0.39, 0.29) is 47.5 Å². The number of benzene rings is 3. The number of ketones is 1. The minimum absolute atomic E-state index is 0.174. The Morgan fingerprint density at radius 2 is 1.44 bits per heavy atom. The minimum atomic E-state index is -0.648. The number of carbonyl (C=O) groups is 4. The lowest BCUT2D eigenvalue weighted by molar-refractivity contribution is -0.122. The molecule has 1 saturated carbocycles. The number of esters is 1. The Balaban J connectivity index is 1.23. The van der Waals surface area contributed by atoms with Crippen molar-refractivity contribution in [3.05, 3.63) is 100 Å². The molecule has 2 fully saturated rings. The van der Waals surface area contributed by atoms with E-state index in [4.69, 9.17) is 4.74 Å². The van der Waals surface area contributed by atoms with E-state index in [0.29, 0.717) is 24.1 Å². The van der Waals surface area contributed by atoms with Gasteiger partial charge in [0.15, 0.2) is 12.4 Å². The zero-order chi connectivity index (χ0) is 25.2. The smallest absolute Gasteiger partial charge is 0.338 e. The van der Waals surface area contributed by atoms with Gasteiger partial charge < -0.3 is 4.74 Å². The third-order valence-electron chi connectivity index (χ3n) is 7.06. The van der Waals surface area contributed by atoms with Gasteiger partial charge in [-0.05, 0) is 67.1 Å². The maximum absolute atomic E-state index is 13.3. The third-order valence-corrected chi connectivity index (χ3v) is 7.59. The highest BCUT2D eigenvalue weighted by Gasteiger charge is 2.50. The predicted octanol–water partition coefficient (Wildman–Crippen LogP) is 5.56. The summed E-state index contributed by atoms with van der Waals surface area (Å²) in [6.45, 7) is -0.378. The number of Topliss-reactive ketones (excluding diaryl/α,β-unsaturated/α-hetero) is 1. The van der Waals surface area contributed by atoms with Crippen LogP contribution in [0, 0.1) is 11.8 Å². The normalized spacial score (nSPS) is 21.2. The maximum atomic E-state index is 13.3. The first-order valence-electron chi connectivity index (χ1n) is 11.9. The number of fused-ring (bicyclic) bond motifs is 1. The topological polar surface area (TPSA) is 80.8 Å². The van der Waals surface area contributed by atoms with Crippen molar-refractivity contribution in [1.29, 1.82) is 0 Å². The van der Waals surface area contributed by atoms with Gasteiger partial charge in [-0.3, -0.25) is 19.3 Å². The number of hydrogen-bond donors (Lipinski definition) is 0. The number of rotatable bonds is 6. The van der Waals surface area contributed by atoms with Crippen LogP contribution >= 0.6 is 15.9 Å². The second-order valence-corrected chi connectivity index (χ2v) is 10.1. The lowest BCUT2D eigenvalue weighted by Gasteiger charge is -2.28. The summed E-state index contributed by atoms with van der Waals surface area (Å²) < 4.78 is 6.01. The van der Waals surface area contributed by atoms with Gasteiger partial charge in [-0.25, -0.2) is 4.79 Å². The molecule has 7 heteroatoms. The van der Waals surface area contributed by atoms with Gasteiger partial charge >= 0.3 is 5.97 Å². The van der Waals surface area contributed by atoms with Crippen molar-refractivity contribution >= 4 is 45.2 Å². The fourth-order valence-corrected chi connectivity index (χ4v) is 5.41. The van der Waals surface area contributed by atoms with Crippen LogP contribution in [0.15, 0.2) is 83.3 Å². The largest absolute Gasteiger partial charge is 0.454 e. The predicted molar refractivity (Wildman–Crippen MR) is 138 cm³/mol. The van der Waals surface area contributed by atoms with Crippen molar-refractivity contribution in [2.24, 2.45) is 11.8 Å². The van der Waals surface area contributed by atoms with Gasteiger partial charge in [-0.15, -0.1) is 0 Å². The van der Waals surface area contributed by atoms with Crippen LogP contribution in [-0.4, -0.2) is 30.2 Å². The number of nitrogens with zero attached hydrogens (tertiary/aromatic N) is 1. The van der Waals surface area contributed by atoms with Crippen molar-refractivity contribution in [2.45, 2.75) is 25.2 Å². The average Bonchev–Trinajstić information content (AvgIpc) is 3.17.